The maximum atomic E-state index is 12.6. The van der Waals surface area contributed by atoms with Gasteiger partial charge in [-0.2, -0.15) is 5.10 Å². The molecule has 6 heteroatoms. The average molecular weight is 300 g/mol. The molecule has 22 heavy (non-hydrogen) atoms. The Morgan fingerprint density at radius 2 is 2.23 bits per heavy atom. The van der Waals surface area contributed by atoms with Crippen molar-refractivity contribution in [1.29, 1.82) is 0 Å². The summed E-state index contributed by atoms with van der Waals surface area (Å²) in [5, 5.41) is 11.1. The van der Waals surface area contributed by atoms with Crippen molar-refractivity contribution in [3.8, 4) is 5.75 Å². The second-order valence-electron chi connectivity index (χ2n) is 6.20. The van der Waals surface area contributed by atoms with Gasteiger partial charge < -0.3 is 15.0 Å². The molecule has 6 nitrogen and oxygen atoms in total. The number of ether oxygens (including phenoxy) is 1. The molecule has 0 unspecified atom stereocenters. The van der Waals surface area contributed by atoms with Gasteiger partial charge in [0.2, 0.25) is 0 Å². The van der Waals surface area contributed by atoms with E-state index in [1.54, 1.807) is 7.11 Å². The Kier molecular flexibility index (Phi) is 3.26. The number of rotatable bonds is 3. The lowest BCUT2D eigenvalue weighted by Crippen LogP contribution is -2.57. The molecule has 1 atom stereocenters. The number of methoxy groups -OCH3 is 1. The second-order valence-corrected chi connectivity index (χ2v) is 6.20. The minimum Gasteiger partial charge on any atom is -0.497 e. The normalized spacial score (nSPS) is 27.0. The topological polar surface area (TPSA) is 70.2 Å². The number of hydrogen-bond acceptors (Lipinski definition) is 4. The van der Waals surface area contributed by atoms with E-state index in [9.17, 15) is 4.79 Å². The van der Waals surface area contributed by atoms with Crippen LogP contribution in [0.3, 0.4) is 0 Å². The number of aromatic nitrogens is 2. The third kappa shape index (κ3) is 2.23. The maximum Gasteiger partial charge on any atom is 0.272 e. The summed E-state index contributed by atoms with van der Waals surface area (Å²) in [5.74, 6) is 1.23. The van der Waals surface area contributed by atoms with Gasteiger partial charge in [0, 0.05) is 18.0 Å². The molecule has 3 aliphatic heterocycles. The number of fused-ring (bicyclic) bond motifs is 4. The van der Waals surface area contributed by atoms with Gasteiger partial charge in [-0.05, 0) is 50.0 Å². The van der Waals surface area contributed by atoms with Crippen molar-refractivity contribution in [2.75, 3.05) is 26.7 Å². The average Bonchev–Trinajstić information content (AvgIpc) is 2.99. The van der Waals surface area contributed by atoms with Crippen molar-refractivity contribution in [1.82, 2.24) is 20.4 Å². The molecule has 0 aliphatic carbocycles. The van der Waals surface area contributed by atoms with E-state index in [0.717, 1.165) is 23.2 Å². The van der Waals surface area contributed by atoms with Gasteiger partial charge in [-0.3, -0.25) is 9.89 Å². The van der Waals surface area contributed by atoms with Gasteiger partial charge in [-0.15, -0.1) is 0 Å². The minimum absolute atomic E-state index is 0.0988. The standard InChI is InChI=1S/C16H20N4O2/c1-22-11-2-3-13-12(8-11)15(19-18-13)16(21)17-14-9-20-6-4-10(14)5-7-20/h2-3,8,10,14H,4-7,9H2,1H3,(H,17,21)(H,18,19)/t14-/m0/s1. The Hall–Kier alpha value is -2.08. The quantitative estimate of drug-likeness (QED) is 0.899. The van der Waals surface area contributed by atoms with E-state index < -0.39 is 0 Å². The zero-order valence-corrected chi connectivity index (χ0v) is 12.6. The summed E-state index contributed by atoms with van der Waals surface area (Å²) in [7, 11) is 1.62. The molecule has 116 valence electrons. The van der Waals surface area contributed by atoms with Crippen LogP contribution in [-0.4, -0.2) is 53.8 Å². The van der Waals surface area contributed by atoms with Gasteiger partial charge in [0.1, 0.15) is 5.75 Å². The van der Waals surface area contributed by atoms with Crippen LogP contribution in [-0.2, 0) is 0 Å². The lowest BCUT2D eigenvalue weighted by atomic mass is 9.84. The first-order chi connectivity index (χ1) is 10.7. The number of amides is 1. The summed E-state index contributed by atoms with van der Waals surface area (Å²) in [6, 6.07) is 5.83. The van der Waals surface area contributed by atoms with E-state index in [4.69, 9.17) is 4.74 Å². The predicted molar refractivity (Wildman–Crippen MR) is 83.1 cm³/mol. The Bertz CT molecular complexity index is 703. The minimum atomic E-state index is -0.0988. The van der Waals surface area contributed by atoms with Crippen molar-refractivity contribution in [3.63, 3.8) is 0 Å². The number of hydrogen-bond donors (Lipinski definition) is 2. The van der Waals surface area contributed by atoms with Crippen LogP contribution in [0.2, 0.25) is 0 Å². The van der Waals surface area contributed by atoms with Crippen LogP contribution in [0.15, 0.2) is 18.2 Å². The highest BCUT2D eigenvalue weighted by Gasteiger charge is 2.35. The van der Waals surface area contributed by atoms with E-state index in [0.29, 0.717) is 11.6 Å². The first-order valence-electron chi connectivity index (χ1n) is 7.80. The fourth-order valence-corrected chi connectivity index (χ4v) is 3.66. The molecule has 4 heterocycles. The van der Waals surface area contributed by atoms with Crippen LogP contribution in [0, 0.1) is 5.92 Å². The highest BCUT2D eigenvalue weighted by Crippen LogP contribution is 2.28. The van der Waals surface area contributed by atoms with Crippen LogP contribution in [0.25, 0.3) is 10.9 Å². The van der Waals surface area contributed by atoms with Crippen LogP contribution in [0.5, 0.6) is 5.75 Å². The summed E-state index contributed by atoms with van der Waals surface area (Å²) in [6.07, 6.45) is 2.36. The summed E-state index contributed by atoms with van der Waals surface area (Å²) < 4.78 is 5.24. The number of aromatic amines is 1. The van der Waals surface area contributed by atoms with Gasteiger partial charge in [-0.1, -0.05) is 0 Å². The highest BCUT2D eigenvalue weighted by atomic mass is 16.5. The fraction of sp³-hybridized carbons (Fsp3) is 0.500. The number of nitrogens with one attached hydrogen (secondary N) is 2. The lowest BCUT2D eigenvalue weighted by Gasteiger charge is -2.44. The Balaban J connectivity index is 1.57. The molecule has 2 bridgehead atoms. The number of H-pyrrole nitrogens is 1. The van der Waals surface area contributed by atoms with Gasteiger partial charge in [0.15, 0.2) is 5.69 Å². The first-order valence-corrected chi connectivity index (χ1v) is 7.80. The molecular weight excluding hydrogens is 280 g/mol. The first kappa shape index (κ1) is 13.6. The molecule has 3 aliphatic rings. The van der Waals surface area contributed by atoms with Gasteiger partial charge in [-0.25, -0.2) is 0 Å². The highest BCUT2D eigenvalue weighted by molar-refractivity contribution is 6.05. The molecule has 2 aromatic rings. The largest absolute Gasteiger partial charge is 0.497 e. The molecular formula is C16H20N4O2. The molecule has 0 radical (unpaired) electrons. The predicted octanol–water partition coefficient (Wildman–Crippen LogP) is 1.40. The number of piperidine rings is 3. The summed E-state index contributed by atoms with van der Waals surface area (Å²) in [6.45, 7) is 3.29. The van der Waals surface area contributed by atoms with Crippen LogP contribution >= 0.6 is 0 Å². The SMILES string of the molecule is COc1ccc2[nH]nc(C(=O)N[C@H]3CN4CCC3CC4)c2c1. The molecule has 2 N–H and O–H groups in total. The number of benzene rings is 1. The second kappa shape index (κ2) is 5.28. The smallest absolute Gasteiger partial charge is 0.272 e. The monoisotopic (exact) mass is 300 g/mol. The molecule has 0 saturated carbocycles. The van der Waals surface area contributed by atoms with Gasteiger partial charge in [0.25, 0.3) is 5.91 Å². The third-order valence-electron chi connectivity index (χ3n) is 4.96. The van der Waals surface area contributed by atoms with E-state index in [2.05, 4.69) is 20.4 Å². The molecule has 0 spiro atoms. The molecule has 3 fully saturated rings. The summed E-state index contributed by atoms with van der Waals surface area (Å²) >= 11 is 0. The Labute approximate surface area is 128 Å². The zero-order valence-electron chi connectivity index (χ0n) is 12.6. The van der Waals surface area contributed by atoms with Gasteiger partial charge in [0.05, 0.1) is 12.6 Å². The van der Waals surface area contributed by atoms with E-state index in [1.165, 1.54) is 25.9 Å². The molecule has 1 aromatic carbocycles. The molecule has 1 amide bonds. The van der Waals surface area contributed by atoms with Crippen LogP contribution < -0.4 is 10.1 Å². The van der Waals surface area contributed by atoms with E-state index in [1.807, 2.05) is 18.2 Å². The van der Waals surface area contributed by atoms with Crippen molar-refractivity contribution in [3.05, 3.63) is 23.9 Å². The lowest BCUT2D eigenvalue weighted by molar-refractivity contribution is 0.0618. The number of nitrogens with zero attached hydrogens (tertiary/aromatic N) is 2. The molecule has 3 saturated heterocycles. The molecule has 1 aromatic heterocycles. The third-order valence-corrected chi connectivity index (χ3v) is 4.96. The molecule has 5 rings (SSSR count). The fourth-order valence-electron chi connectivity index (χ4n) is 3.66. The Morgan fingerprint density at radius 3 is 2.91 bits per heavy atom. The van der Waals surface area contributed by atoms with Crippen LogP contribution in [0.4, 0.5) is 0 Å². The van der Waals surface area contributed by atoms with Crippen molar-refractivity contribution in [2.45, 2.75) is 18.9 Å². The van der Waals surface area contributed by atoms with Crippen molar-refractivity contribution < 1.29 is 9.53 Å². The van der Waals surface area contributed by atoms with Gasteiger partial charge >= 0.3 is 0 Å². The zero-order chi connectivity index (χ0) is 15.1. The van der Waals surface area contributed by atoms with Crippen LogP contribution in [0.1, 0.15) is 23.3 Å². The number of carbonyl (C=O) groups is 1. The summed E-state index contributed by atoms with van der Waals surface area (Å²) in [4.78, 5) is 15.0. The van der Waals surface area contributed by atoms with Crippen molar-refractivity contribution >= 4 is 16.8 Å². The van der Waals surface area contributed by atoms with Crippen molar-refractivity contribution in [2.24, 2.45) is 5.92 Å². The maximum absolute atomic E-state index is 12.6. The summed E-state index contributed by atoms with van der Waals surface area (Å²) in [5.41, 5.74) is 1.30. The van der Waals surface area contributed by atoms with E-state index >= 15 is 0 Å². The Morgan fingerprint density at radius 1 is 1.41 bits per heavy atom. The number of carbonyl (C=O) groups excluding carboxylic acids is 1. The van der Waals surface area contributed by atoms with E-state index in [-0.39, 0.29) is 11.9 Å².